The van der Waals surface area contributed by atoms with Crippen LogP contribution in [0.1, 0.15) is 33.6 Å². The average molecular weight is 408 g/mol. The molecule has 0 saturated carbocycles. The molecule has 1 aromatic carbocycles. The van der Waals surface area contributed by atoms with Crippen LogP contribution in [0.2, 0.25) is 5.02 Å². The lowest BCUT2D eigenvalue weighted by atomic mass is 10.1. The van der Waals surface area contributed by atoms with Gasteiger partial charge in [-0.05, 0) is 49.6 Å². The van der Waals surface area contributed by atoms with Crippen LogP contribution in [0.5, 0.6) is 5.75 Å². The van der Waals surface area contributed by atoms with E-state index in [2.05, 4.69) is 42.5 Å². The second kappa shape index (κ2) is 8.94. The van der Waals surface area contributed by atoms with E-state index in [1.54, 1.807) is 0 Å². The molecule has 146 valence electrons. The fraction of sp³-hybridized carbons (Fsp3) is 0.429. The number of hydrogen-bond acceptors (Lipinski definition) is 4. The van der Waals surface area contributed by atoms with Crippen molar-refractivity contribution < 1.29 is 4.74 Å². The molecule has 0 spiro atoms. The second-order valence-electron chi connectivity index (χ2n) is 7.18. The summed E-state index contributed by atoms with van der Waals surface area (Å²) in [6, 6.07) is 7.34. The number of ether oxygens (including phenoxy) is 1. The lowest BCUT2D eigenvalue weighted by molar-refractivity contribution is 0.340. The Morgan fingerprint density at radius 2 is 1.93 bits per heavy atom. The Hall–Kier alpha value is -1.78. The molecule has 4 nitrogen and oxygen atoms in total. The molecule has 1 aliphatic carbocycles. The highest BCUT2D eigenvalue weighted by atomic mass is 35.5. The van der Waals surface area contributed by atoms with Crippen molar-refractivity contribution in [2.45, 2.75) is 39.8 Å². The maximum absolute atomic E-state index is 6.52. The van der Waals surface area contributed by atoms with Crippen molar-refractivity contribution in [3.05, 3.63) is 63.7 Å². The van der Waals surface area contributed by atoms with Gasteiger partial charge < -0.3 is 20.3 Å². The van der Waals surface area contributed by atoms with Gasteiger partial charge in [-0.15, -0.1) is 0 Å². The fourth-order valence-corrected chi connectivity index (χ4v) is 3.58. The van der Waals surface area contributed by atoms with Crippen LogP contribution in [0.25, 0.3) is 0 Å². The molecule has 0 fully saturated rings. The van der Waals surface area contributed by atoms with Gasteiger partial charge in [0.05, 0.1) is 17.7 Å². The SMILES string of the molecule is CCN(CC1=CN[C@@H](C(C)C)N1)C1=CC(Cl)=C(Oc2ccc(Cl)cc2)CC1. The largest absolute Gasteiger partial charge is 0.460 e. The van der Waals surface area contributed by atoms with Crippen molar-refractivity contribution in [1.82, 2.24) is 15.5 Å². The monoisotopic (exact) mass is 407 g/mol. The van der Waals surface area contributed by atoms with Crippen LogP contribution in [0.15, 0.2) is 58.7 Å². The first kappa shape index (κ1) is 20.0. The molecule has 27 heavy (non-hydrogen) atoms. The van der Waals surface area contributed by atoms with Gasteiger partial charge in [0.25, 0.3) is 0 Å². The number of halogens is 2. The molecule has 0 saturated heterocycles. The first-order chi connectivity index (χ1) is 13.0. The Bertz CT molecular complexity index is 753. The maximum atomic E-state index is 6.52. The van der Waals surface area contributed by atoms with Gasteiger partial charge in [-0.2, -0.15) is 0 Å². The molecule has 1 heterocycles. The highest BCUT2D eigenvalue weighted by Gasteiger charge is 2.22. The Balaban J connectivity index is 1.65. The van der Waals surface area contributed by atoms with Crippen LogP contribution in [-0.4, -0.2) is 24.2 Å². The smallest absolute Gasteiger partial charge is 0.127 e. The van der Waals surface area contributed by atoms with Crippen LogP contribution in [0.3, 0.4) is 0 Å². The fourth-order valence-electron chi connectivity index (χ4n) is 3.20. The van der Waals surface area contributed by atoms with Crippen LogP contribution in [0, 0.1) is 5.92 Å². The number of benzene rings is 1. The molecule has 0 amide bonds. The molecule has 6 heteroatoms. The zero-order valence-electron chi connectivity index (χ0n) is 16.1. The lowest BCUT2D eigenvalue weighted by Gasteiger charge is -2.30. The second-order valence-corrected chi connectivity index (χ2v) is 8.02. The van der Waals surface area contributed by atoms with E-state index in [-0.39, 0.29) is 0 Å². The normalized spacial score (nSPS) is 19.4. The summed E-state index contributed by atoms with van der Waals surface area (Å²) in [4.78, 5) is 2.35. The summed E-state index contributed by atoms with van der Waals surface area (Å²) in [6.07, 6.45) is 6.11. The molecule has 1 aliphatic heterocycles. The van der Waals surface area contributed by atoms with E-state index in [1.807, 2.05) is 30.3 Å². The zero-order chi connectivity index (χ0) is 19.4. The van der Waals surface area contributed by atoms with Crippen molar-refractivity contribution >= 4 is 23.2 Å². The average Bonchev–Trinajstić information content (AvgIpc) is 3.12. The molecule has 0 unspecified atom stereocenters. The van der Waals surface area contributed by atoms with Gasteiger partial charge in [0.2, 0.25) is 0 Å². The van der Waals surface area contributed by atoms with Crippen LogP contribution in [-0.2, 0) is 0 Å². The summed E-state index contributed by atoms with van der Waals surface area (Å²) >= 11 is 12.5. The van der Waals surface area contributed by atoms with Crippen molar-refractivity contribution in [1.29, 1.82) is 0 Å². The summed E-state index contributed by atoms with van der Waals surface area (Å²) < 4.78 is 5.95. The van der Waals surface area contributed by atoms with E-state index in [0.29, 0.717) is 22.1 Å². The summed E-state index contributed by atoms with van der Waals surface area (Å²) in [5.74, 6) is 2.09. The number of rotatable bonds is 7. The molecule has 0 aromatic heterocycles. The first-order valence-corrected chi connectivity index (χ1v) is 10.2. The van der Waals surface area contributed by atoms with E-state index in [4.69, 9.17) is 27.9 Å². The first-order valence-electron chi connectivity index (χ1n) is 9.45. The Kier molecular flexibility index (Phi) is 6.61. The molecule has 0 bridgehead atoms. The quantitative estimate of drug-likeness (QED) is 0.652. The molecular formula is C21H27Cl2N3O. The van der Waals surface area contributed by atoms with Gasteiger partial charge in [0, 0.05) is 35.6 Å². The molecule has 3 rings (SSSR count). The van der Waals surface area contributed by atoms with E-state index in [1.165, 1.54) is 11.4 Å². The van der Waals surface area contributed by atoms with E-state index < -0.39 is 0 Å². The van der Waals surface area contributed by atoms with Crippen molar-refractivity contribution in [3.63, 3.8) is 0 Å². The molecule has 0 radical (unpaired) electrons. The van der Waals surface area contributed by atoms with Gasteiger partial charge in [0.1, 0.15) is 11.5 Å². The highest BCUT2D eigenvalue weighted by molar-refractivity contribution is 6.31. The highest BCUT2D eigenvalue weighted by Crippen LogP contribution is 2.31. The molecular weight excluding hydrogens is 381 g/mol. The van der Waals surface area contributed by atoms with Crippen molar-refractivity contribution in [2.24, 2.45) is 5.92 Å². The standard InChI is InChI=1S/C21H27Cl2N3O/c1-4-26(13-16-12-24-21(25-16)14(2)3)17-7-10-20(19(23)11-17)27-18-8-5-15(22)6-9-18/h5-6,8-9,11-12,14,21,24-25H,4,7,10,13H2,1-3H3/t21-/m1/s1. The molecule has 1 aromatic rings. The lowest BCUT2D eigenvalue weighted by Crippen LogP contribution is -2.39. The summed E-state index contributed by atoms with van der Waals surface area (Å²) in [5, 5.41) is 8.31. The van der Waals surface area contributed by atoms with E-state index in [9.17, 15) is 0 Å². The van der Waals surface area contributed by atoms with Gasteiger partial charge >= 0.3 is 0 Å². The summed E-state index contributed by atoms with van der Waals surface area (Å²) in [5.41, 5.74) is 2.45. The summed E-state index contributed by atoms with van der Waals surface area (Å²) in [7, 11) is 0. The number of likely N-dealkylation sites (N-methyl/N-ethyl adjacent to an activating group) is 1. The molecule has 1 atom stereocenters. The predicted molar refractivity (Wildman–Crippen MR) is 113 cm³/mol. The van der Waals surface area contributed by atoms with E-state index in [0.717, 1.165) is 37.4 Å². The molecule has 2 N–H and O–H groups in total. The van der Waals surface area contributed by atoms with Crippen molar-refractivity contribution in [2.75, 3.05) is 13.1 Å². The Morgan fingerprint density at radius 3 is 2.52 bits per heavy atom. The van der Waals surface area contributed by atoms with Gasteiger partial charge in [-0.3, -0.25) is 0 Å². The van der Waals surface area contributed by atoms with Crippen LogP contribution >= 0.6 is 23.2 Å². The minimum atomic E-state index is 0.307. The minimum Gasteiger partial charge on any atom is -0.460 e. The Morgan fingerprint density at radius 1 is 1.19 bits per heavy atom. The van der Waals surface area contributed by atoms with Crippen molar-refractivity contribution in [3.8, 4) is 5.75 Å². The van der Waals surface area contributed by atoms with Gasteiger partial charge in [0.15, 0.2) is 0 Å². The summed E-state index contributed by atoms with van der Waals surface area (Å²) in [6.45, 7) is 8.34. The van der Waals surface area contributed by atoms with Crippen LogP contribution < -0.4 is 15.4 Å². The van der Waals surface area contributed by atoms with Gasteiger partial charge in [-0.25, -0.2) is 0 Å². The third-order valence-electron chi connectivity index (χ3n) is 4.82. The maximum Gasteiger partial charge on any atom is 0.127 e. The number of nitrogens with zero attached hydrogens (tertiary/aromatic N) is 1. The predicted octanol–water partition coefficient (Wildman–Crippen LogP) is 5.19. The minimum absolute atomic E-state index is 0.307. The number of nitrogens with one attached hydrogen (secondary N) is 2. The number of allylic oxidation sites excluding steroid dienone is 4. The zero-order valence-corrected chi connectivity index (χ0v) is 17.6. The Labute approximate surface area is 171 Å². The molecule has 2 aliphatic rings. The third kappa shape index (κ3) is 5.14. The van der Waals surface area contributed by atoms with Crippen LogP contribution in [0.4, 0.5) is 0 Å². The number of hydrogen-bond donors (Lipinski definition) is 2. The topological polar surface area (TPSA) is 36.5 Å². The van der Waals surface area contributed by atoms with Gasteiger partial charge in [-0.1, -0.05) is 37.0 Å². The third-order valence-corrected chi connectivity index (χ3v) is 5.39. The van der Waals surface area contributed by atoms with E-state index >= 15 is 0 Å².